The second-order valence-electron chi connectivity index (χ2n) is 6.26. The van der Waals surface area contributed by atoms with Gasteiger partial charge in [-0.25, -0.2) is 0 Å². The molecule has 1 nitrogen and oxygen atoms in total. The Morgan fingerprint density at radius 2 is 2.26 bits per heavy atom. The summed E-state index contributed by atoms with van der Waals surface area (Å²) in [5, 5.41) is 4.65. The molecule has 1 fully saturated rings. The molecule has 0 bridgehead atoms. The maximum Gasteiger partial charge on any atom is 0.0409 e. The molecule has 1 aromatic carbocycles. The van der Waals surface area contributed by atoms with E-state index < -0.39 is 0 Å². The van der Waals surface area contributed by atoms with E-state index in [2.05, 4.69) is 50.0 Å². The normalized spacial score (nSPS) is 24.1. The van der Waals surface area contributed by atoms with Crippen LogP contribution in [0, 0.1) is 5.41 Å². The van der Waals surface area contributed by atoms with E-state index in [0.717, 1.165) is 11.4 Å². The number of thioether (sulfide) groups is 1. The summed E-state index contributed by atoms with van der Waals surface area (Å²) in [6.07, 6.45) is 2.36. The molecule has 0 amide bonds. The van der Waals surface area contributed by atoms with Crippen LogP contribution in [0.5, 0.6) is 0 Å². The van der Waals surface area contributed by atoms with Gasteiger partial charge in [0.05, 0.1) is 0 Å². The third-order valence-corrected chi connectivity index (χ3v) is 5.57. The first-order chi connectivity index (χ1) is 9.00. The van der Waals surface area contributed by atoms with Crippen LogP contribution in [0.15, 0.2) is 24.3 Å². The van der Waals surface area contributed by atoms with Gasteiger partial charge in [-0.05, 0) is 41.7 Å². The van der Waals surface area contributed by atoms with Crippen molar-refractivity contribution in [1.82, 2.24) is 5.32 Å². The lowest BCUT2D eigenvalue weighted by molar-refractivity contribution is 0.298. The highest BCUT2D eigenvalue weighted by Crippen LogP contribution is 2.34. The summed E-state index contributed by atoms with van der Waals surface area (Å²) in [4.78, 5) is 0. The summed E-state index contributed by atoms with van der Waals surface area (Å²) in [7, 11) is 0. The monoisotopic (exact) mass is 297 g/mol. The van der Waals surface area contributed by atoms with Crippen molar-refractivity contribution in [3.63, 3.8) is 0 Å². The van der Waals surface area contributed by atoms with Gasteiger partial charge in [0.15, 0.2) is 0 Å². The molecule has 1 aliphatic rings. The molecule has 0 aliphatic carbocycles. The number of halogens is 1. The maximum atomic E-state index is 6.10. The van der Waals surface area contributed by atoms with Gasteiger partial charge in [0.2, 0.25) is 0 Å². The van der Waals surface area contributed by atoms with Crippen molar-refractivity contribution < 1.29 is 0 Å². The topological polar surface area (TPSA) is 12.0 Å². The Hall–Kier alpha value is -0.180. The molecule has 1 N–H and O–H groups in total. The Kier molecular flexibility index (Phi) is 5.22. The first-order valence-electron chi connectivity index (χ1n) is 7.09. The highest BCUT2D eigenvalue weighted by molar-refractivity contribution is 7.99. The Bertz CT molecular complexity index is 419. The van der Waals surface area contributed by atoms with E-state index in [1.165, 1.54) is 23.5 Å². The summed E-state index contributed by atoms with van der Waals surface area (Å²) in [6.45, 7) is 6.97. The number of hydrogen-bond donors (Lipinski definition) is 1. The number of rotatable bonds is 4. The lowest BCUT2D eigenvalue weighted by atomic mass is 9.87. The fraction of sp³-hybridized carbons (Fsp3) is 0.625. The van der Waals surface area contributed by atoms with Crippen LogP contribution >= 0.6 is 23.4 Å². The van der Waals surface area contributed by atoms with Crippen molar-refractivity contribution in [1.29, 1.82) is 0 Å². The quantitative estimate of drug-likeness (QED) is 0.847. The maximum absolute atomic E-state index is 6.10. The van der Waals surface area contributed by atoms with Crippen LogP contribution in [-0.2, 0) is 0 Å². The Morgan fingerprint density at radius 3 is 2.89 bits per heavy atom. The molecule has 3 heteroatoms. The van der Waals surface area contributed by atoms with E-state index in [-0.39, 0.29) is 0 Å². The minimum Gasteiger partial charge on any atom is -0.306 e. The molecule has 106 valence electrons. The largest absolute Gasteiger partial charge is 0.306 e. The van der Waals surface area contributed by atoms with Gasteiger partial charge in [0, 0.05) is 22.9 Å². The van der Waals surface area contributed by atoms with Crippen molar-refractivity contribution >= 4 is 23.4 Å². The van der Waals surface area contributed by atoms with E-state index in [0.29, 0.717) is 17.5 Å². The standard InChI is InChI=1S/C16H24ClNS/c1-4-15(12-6-5-7-13(17)8-12)18-14-9-16(2,3)11-19-10-14/h5-8,14-15,18H,4,9-11H2,1-3H3. The predicted molar refractivity (Wildman–Crippen MR) is 87.1 cm³/mol. The molecular weight excluding hydrogens is 274 g/mol. The van der Waals surface area contributed by atoms with Gasteiger partial charge >= 0.3 is 0 Å². The fourth-order valence-electron chi connectivity index (χ4n) is 2.83. The average molecular weight is 298 g/mol. The van der Waals surface area contributed by atoms with E-state index in [9.17, 15) is 0 Å². The number of benzene rings is 1. The third-order valence-electron chi connectivity index (χ3n) is 3.71. The molecule has 0 saturated carbocycles. The molecule has 2 unspecified atom stereocenters. The zero-order valence-electron chi connectivity index (χ0n) is 12.1. The summed E-state index contributed by atoms with van der Waals surface area (Å²) in [5.41, 5.74) is 1.76. The average Bonchev–Trinajstić information content (AvgIpc) is 2.35. The molecule has 1 saturated heterocycles. The van der Waals surface area contributed by atoms with E-state index in [4.69, 9.17) is 11.6 Å². The van der Waals surface area contributed by atoms with Gasteiger partial charge in [-0.3, -0.25) is 0 Å². The molecule has 1 aliphatic heterocycles. The van der Waals surface area contributed by atoms with Gasteiger partial charge < -0.3 is 5.32 Å². The minimum atomic E-state index is 0.415. The first-order valence-corrected chi connectivity index (χ1v) is 8.63. The van der Waals surface area contributed by atoms with Crippen molar-refractivity contribution in [2.45, 2.75) is 45.7 Å². The summed E-state index contributed by atoms with van der Waals surface area (Å²) in [6, 6.07) is 9.27. The zero-order chi connectivity index (χ0) is 13.9. The number of nitrogens with one attached hydrogen (secondary N) is 1. The van der Waals surface area contributed by atoms with Crippen molar-refractivity contribution in [3.8, 4) is 0 Å². The molecule has 0 radical (unpaired) electrons. The molecule has 2 atom stereocenters. The van der Waals surface area contributed by atoms with Gasteiger partial charge in [0.25, 0.3) is 0 Å². The van der Waals surface area contributed by atoms with Crippen LogP contribution < -0.4 is 5.32 Å². The summed E-state index contributed by atoms with van der Waals surface area (Å²) < 4.78 is 0. The summed E-state index contributed by atoms with van der Waals surface area (Å²) in [5.74, 6) is 2.50. The van der Waals surface area contributed by atoms with Gasteiger partial charge in [-0.15, -0.1) is 0 Å². The molecule has 2 rings (SSSR count). The van der Waals surface area contributed by atoms with Crippen LogP contribution in [0.1, 0.15) is 45.2 Å². The van der Waals surface area contributed by atoms with E-state index >= 15 is 0 Å². The van der Waals surface area contributed by atoms with Crippen molar-refractivity contribution in [2.24, 2.45) is 5.41 Å². The van der Waals surface area contributed by atoms with Crippen LogP contribution in [0.4, 0.5) is 0 Å². The van der Waals surface area contributed by atoms with Gasteiger partial charge in [-0.2, -0.15) is 11.8 Å². The third kappa shape index (κ3) is 4.40. The van der Waals surface area contributed by atoms with Gasteiger partial charge in [-0.1, -0.05) is 44.5 Å². The predicted octanol–water partition coefficient (Wildman–Crippen LogP) is 4.91. The molecule has 0 spiro atoms. The Labute approximate surface area is 126 Å². The van der Waals surface area contributed by atoms with Crippen molar-refractivity contribution in [2.75, 3.05) is 11.5 Å². The second kappa shape index (κ2) is 6.51. The van der Waals surface area contributed by atoms with Crippen LogP contribution in [0.3, 0.4) is 0 Å². The molecular formula is C16H24ClNS. The highest BCUT2D eigenvalue weighted by atomic mass is 35.5. The van der Waals surface area contributed by atoms with E-state index in [1.807, 2.05) is 12.1 Å². The Morgan fingerprint density at radius 1 is 1.47 bits per heavy atom. The Balaban J connectivity index is 2.03. The minimum absolute atomic E-state index is 0.415. The smallest absolute Gasteiger partial charge is 0.0409 e. The molecule has 19 heavy (non-hydrogen) atoms. The number of hydrogen-bond acceptors (Lipinski definition) is 2. The second-order valence-corrected chi connectivity index (χ2v) is 7.73. The molecule has 1 heterocycles. The van der Waals surface area contributed by atoms with E-state index in [1.54, 1.807) is 0 Å². The van der Waals surface area contributed by atoms with Crippen LogP contribution in [0.2, 0.25) is 5.02 Å². The van der Waals surface area contributed by atoms with Crippen molar-refractivity contribution in [3.05, 3.63) is 34.9 Å². The zero-order valence-corrected chi connectivity index (χ0v) is 13.7. The highest BCUT2D eigenvalue weighted by Gasteiger charge is 2.29. The van der Waals surface area contributed by atoms with Gasteiger partial charge in [0.1, 0.15) is 0 Å². The van der Waals surface area contributed by atoms with Crippen LogP contribution in [-0.4, -0.2) is 17.5 Å². The lowest BCUT2D eigenvalue weighted by Gasteiger charge is -2.37. The molecule has 0 aromatic heterocycles. The SMILES string of the molecule is CCC(NC1CSCC(C)(C)C1)c1cccc(Cl)c1. The lowest BCUT2D eigenvalue weighted by Crippen LogP contribution is -2.41. The first kappa shape index (κ1) is 15.2. The molecule has 1 aromatic rings. The fourth-order valence-corrected chi connectivity index (χ4v) is 4.31. The summed E-state index contributed by atoms with van der Waals surface area (Å²) >= 11 is 8.17. The van der Waals surface area contributed by atoms with Crippen LogP contribution in [0.25, 0.3) is 0 Å².